The minimum absolute atomic E-state index is 0.180. The molecule has 15 heavy (non-hydrogen) atoms. The van der Waals surface area contributed by atoms with Crippen molar-refractivity contribution in [2.75, 3.05) is 0 Å². The predicted molar refractivity (Wildman–Crippen MR) is 59.2 cm³/mol. The van der Waals surface area contributed by atoms with Crippen LogP contribution in [0.2, 0.25) is 0 Å². The highest BCUT2D eigenvalue weighted by Crippen LogP contribution is 2.24. The molecule has 0 aliphatic rings. The molecule has 0 saturated carbocycles. The fraction of sp³-hybridized carbons (Fsp3) is 0.0833. The van der Waals surface area contributed by atoms with Crippen LogP contribution >= 0.6 is 11.6 Å². The lowest BCUT2D eigenvalue weighted by Crippen LogP contribution is -1.90. The molecule has 0 fully saturated rings. The lowest BCUT2D eigenvalue weighted by atomic mass is 10.0. The van der Waals surface area contributed by atoms with Gasteiger partial charge in [-0.15, -0.1) is 11.6 Å². The zero-order chi connectivity index (χ0) is 10.7. The van der Waals surface area contributed by atoms with Crippen molar-refractivity contribution in [3.8, 4) is 11.1 Å². The summed E-state index contributed by atoms with van der Waals surface area (Å²) in [7, 11) is 0. The normalized spacial score (nSPS) is 10.3. The Morgan fingerprint density at radius 2 is 2.07 bits per heavy atom. The van der Waals surface area contributed by atoms with Crippen molar-refractivity contribution in [3.05, 3.63) is 54.1 Å². The second kappa shape index (κ2) is 4.41. The summed E-state index contributed by atoms with van der Waals surface area (Å²) in [4.78, 5) is 3.96. The quantitative estimate of drug-likeness (QED) is 0.706. The number of aromatic nitrogens is 1. The number of halogens is 2. The van der Waals surface area contributed by atoms with Gasteiger partial charge in [0.05, 0.1) is 5.88 Å². The van der Waals surface area contributed by atoms with E-state index in [1.54, 1.807) is 36.7 Å². The van der Waals surface area contributed by atoms with Gasteiger partial charge in [-0.25, -0.2) is 4.39 Å². The molecule has 0 aliphatic heterocycles. The summed E-state index contributed by atoms with van der Waals surface area (Å²) in [5.41, 5.74) is 1.82. The molecule has 1 nitrogen and oxygen atoms in total. The van der Waals surface area contributed by atoms with Crippen molar-refractivity contribution in [2.45, 2.75) is 5.88 Å². The SMILES string of the molecule is Fc1c(CCl)cccc1-c1cccnc1. The second-order valence-corrected chi connectivity index (χ2v) is 3.42. The van der Waals surface area contributed by atoms with E-state index in [-0.39, 0.29) is 11.7 Å². The second-order valence-electron chi connectivity index (χ2n) is 3.15. The molecule has 0 saturated heterocycles. The summed E-state index contributed by atoms with van der Waals surface area (Å²) in [6.07, 6.45) is 3.29. The molecular formula is C12H9ClFN. The van der Waals surface area contributed by atoms with E-state index in [1.807, 2.05) is 6.07 Å². The topological polar surface area (TPSA) is 12.9 Å². The molecule has 1 aromatic carbocycles. The molecule has 0 N–H and O–H groups in total. The molecule has 1 aromatic heterocycles. The summed E-state index contributed by atoms with van der Waals surface area (Å²) in [6.45, 7) is 0. The Bertz CT molecular complexity index is 456. The van der Waals surface area contributed by atoms with Gasteiger partial charge in [-0.2, -0.15) is 0 Å². The van der Waals surface area contributed by atoms with Gasteiger partial charge in [0, 0.05) is 29.1 Å². The summed E-state index contributed by atoms with van der Waals surface area (Å²) in [5.74, 6) is -0.0829. The first-order chi connectivity index (χ1) is 7.33. The molecule has 3 heteroatoms. The maximum Gasteiger partial charge on any atom is 0.135 e. The number of pyridine rings is 1. The monoisotopic (exact) mass is 221 g/mol. The summed E-state index contributed by atoms with van der Waals surface area (Å²) in [6, 6.07) is 8.80. The van der Waals surface area contributed by atoms with Crippen LogP contribution in [-0.2, 0) is 5.88 Å². The van der Waals surface area contributed by atoms with Crippen molar-refractivity contribution in [1.82, 2.24) is 4.98 Å². The zero-order valence-corrected chi connectivity index (χ0v) is 8.71. The molecule has 0 atom stereocenters. The van der Waals surface area contributed by atoms with Gasteiger partial charge in [-0.05, 0) is 6.07 Å². The number of alkyl halides is 1. The van der Waals surface area contributed by atoms with Crippen molar-refractivity contribution in [1.29, 1.82) is 0 Å². The summed E-state index contributed by atoms with van der Waals surface area (Å²) >= 11 is 5.64. The first-order valence-electron chi connectivity index (χ1n) is 4.56. The van der Waals surface area contributed by atoms with Crippen molar-refractivity contribution in [3.63, 3.8) is 0 Å². The molecule has 0 radical (unpaired) electrons. The fourth-order valence-electron chi connectivity index (χ4n) is 1.43. The number of hydrogen-bond acceptors (Lipinski definition) is 1. The Kier molecular flexibility index (Phi) is 2.97. The van der Waals surface area contributed by atoms with E-state index in [0.717, 1.165) is 5.56 Å². The van der Waals surface area contributed by atoms with Gasteiger partial charge >= 0.3 is 0 Å². The van der Waals surface area contributed by atoms with Crippen LogP contribution in [0.15, 0.2) is 42.7 Å². The van der Waals surface area contributed by atoms with Crippen molar-refractivity contribution >= 4 is 11.6 Å². The Morgan fingerprint density at radius 3 is 2.73 bits per heavy atom. The predicted octanol–water partition coefficient (Wildman–Crippen LogP) is 3.63. The van der Waals surface area contributed by atoms with Crippen molar-refractivity contribution < 1.29 is 4.39 Å². The highest BCUT2D eigenvalue weighted by molar-refractivity contribution is 6.17. The van der Waals surface area contributed by atoms with E-state index in [9.17, 15) is 4.39 Å². The molecule has 0 aliphatic carbocycles. The first kappa shape index (κ1) is 10.1. The van der Waals surface area contributed by atoms with Gasteiger partial charge in [0.25, 0.3) is 0 Å². The average molecular weight is 222 g/mol. The molecule has 1 heterocycles. The number of nitrogens with zero attached hydrogens (tertiary/aromatic N) is 1. The molecule has 76 valence electrons. The van der Waals surface area contributed by atoms with Crippen LogP contribution in [0.3, 0.4) is 0 Å². The Morgan fingerprint density at radius 1 is 1.20 bits per heavy atom. The Hall–Kier alpha value is -1.41. The van der Waals surface area contributed by atoms with E-state index >= 15 is 0 Å². The maximum absolute atomic E-state index is 13.8. The van der Waals surface area contributed by atoms with Crippen LogP contribution in [0.5, 0.6) is 0 Å². The van der Waals surface area contributed by atoms with Crippen LogP contribution < -0.4 is 0 Å². The minimum Gasteiger partial charge on any atom is -0.264 e. The van der Waals surface area contributed by atoms with Gasteiger partial charge < -0.3 is 0 Å². The molecule has 2 aromatic rings. The average Bonchev–Trinajstić information content (AvgIpc) is 2.30. The third-order valence-electron chi connectivity index (χ3n) is 2.20. The highest BCUT2D eigenvalue weighted by atomic mass is 35.5. The van der Waals surface area contributed by atoms with Gasteiger partial charge in [0.2, 0.25) is 0 Å². The molecular weight excluding hydrogens is 213 g/mol. The summed E-state index contributed by atoms with van der Waals surface area (Å²) < 4.78 is 13.8. The number of rotatable bonds is 2. The lowest BCUT2D eigenvalue weighted by molar-refractivity contribution is 0.620. The van der Waals surface area contributed by atoms with E-state index in [1.165, 1.54) is 0 Å². The maximum atomic E-state index is 13.8. The summed E-state index contributed by atoms with van der Waals surface area (Å²) in [5, 5.41) is 0. The molecule has 0 unspecified atom stereocenters. The van der Waals surface area contributed by atoms with Gasteiger partial charge in [-0.3, -0.25) is 4.98 Å². The molecule has 2 rings (SSSR count). The third-order valence-corrected chi connectivity index (χ3v) is 2.48. The van der Waals surface area contributed by atoms with Gasteiger partial charge in [0.15, 0.2) is 0 Å². The molecule has 0 spiro atoms. The fourth-order valence-corrected chi connectivity index (χ4v) is 1.63. The van der Waals surface area contributed by atoms with Crippen molar-refractivity contribution in [2.24, 2.45) is 0 Å². The van der Waals surface area contributed by atoms with E-state index in [2.05, 4.69) is 4.98 Å². The van der Waals surface area contributed by atoms with Gasteiger partial charge in [-0.1, -0.05) is 24.3 Å². The van der Waals surface area contributed by atoms with Crippen LogP contribution in [0, 0.1) is 5.82 Å². The van der Waals surface area contributed by atoms with E-state index in [0.29, 0.717) is 11.1 Å². The highest BCUT2D eigenvalue weighted by Gasteiger charge is 2.08. The number of benzene rings is 1. The standard InChI is InChI=1S/C12H9ClFN/c13-7-9-3-1-5-11(12(9)14)10-4-2-6-15-8-10/h1-6,8H,7H2. The Balaban J connectivity index is 2.54. The first-order valence-corrected chi connectivity index (χ1v) is 5.10. The smallest absolute Gasteiger partial charge is 0.135 e. The molecule has 0 bridgehead atoms. The van der Waals surface area contributed by atoms with Crippen LogP contribution in [-0.4, -0.2) is 4.98 Å². The lowest BCUT2D eigenvalue weighted by Gasteiger charge is -2.05. The Labute approximate surface area is 92.5 Å². The van der Waals surface area contributed by atoms with E-state index in [4.69, 9.17) is 11.6 Å². The van der Waals surface area contributed by atoms with E-state index < -0.39 is 0 Å². The van der Waals surface area contributed by atoms with Crippen LogP contribution in [0.25, 0.3) is 11.1 Å². The van der Waals surface area contributed by atoms with Crippen LogP contribution in [0.4, 0.5) is 4.39 Å². The molecule has 0 amide bonds. The number of hydrogen-bond donors (Lipinski definition) is 0. The third kappa shape index (κ3) is 2.00. The van der Waals surface area contributed by atoms with Gasteiger partial charge in [0.1, 0.15) is 5.82 Å². The minimum atomic E-state index is -0.263. The largest absolute Gasteiger partial charge is 0.264 e. The zero-order valence-electron chi connectivity index (χ0n) is 7.95. The van der Waals surface area contributed by atoms with Crippen LogP contribution in [0.1, 0.15) is 5.56 Å².